The van der Waals surface area contributed by atoms with E-state index in [1.54, 1.807) is 13.8 Å². The Kier molecular flexibility index (Phi) is 4.41. The van der Waals surface area contributed by atoms with Crippen molar-refractivity contribution in [2.24, 2.45) is 0 Å². The minimum absolute atomic E-state index is 0.0729. The zero-order valence-electron chi connectivity index (χ0n) is 10.9. The summed E-state index contributed by atoms with van der Waals surface area (Å²) in [4.78, 5) is 22.2. The molecule has 0 aliphatic heterocycles. The molecular weight excluding hydrogens is 238 g/mol. The van der Waals surface area contributed by atoms with Gasteiger partial charge >= 0.3 is 5.69 Å². The molecule has 0 radical (unpaired) electrons. The Morgan fingerprint density at radius 3 is 2.56 bits per heavy atom. The van der Waals surface area contributed by atoms with Crippen molar-refractivity contribution < 1.29 is 14.2 Å². The summed E-state index contributed by atoms with van der Waals surface area (Å²) in [5, 5.41) is 17.1. The third-order valence-corrected chi connectivity index (χ3v) is 2.60. The fraction of sp³-hybridized carbons (Fsp3) is 0.636. The molecule has 7 nitrogen and oxygen atoms in total. The minimum Gasteiger partial charge on any atom is -0.353 e. The van der Waals surface area contributed by atoms with Crippen LogP contribution in [0.1, 0.15) is 56.3 Å². The summed E-state index contributed by atoms with van der Waals surface area (Å²) >= 11 is 0. The molecule has 1 rings (SSSR count). The van der Waals surface area contributed by atoms with Gasteiger partial charge in [0.1, 0.15) is 0 Å². The van der Waals surface area contributed by atoms with Crippen LogP contribution in [-0.2, 0) is 0 Å². The van der Waals surface area contributed by atoms with Crippen molar-refractivity contribution in [2.75, 3.05) is 0 Å². The summed E-state index contributed by atoms with van der Waals surface area (Å²) in [7, 11) is 0. The lowest BCUT2D eigenvalue weighted by molar-refractivity contribution is -0.386. The van der Waals surface area contributed by atoms with Crippen molar-refractivity contribution in [2.45, 2.75) is 46.1 Å². The number of rotatable bonds is 5. The van der Waals surface area contributed by atoms with Crippen molar-refractivity contribution >= 4 is 11.6 Å². The van der Waals surface area contributed by atoms with Crippen LogP contribution in [0.25, 0.3) is 0 Å². The molecule has 1 aromatic rings. The van der Waals surface area contributed by atoms with Crippen LogP contribution in [0.3, 0.4) is 0 Å². The highest BCUT2D eigenvalue weighted by atomic mass is 16.6. The summed E-state index contributed by atoms with van der Waals surface area (Å²) in [6, 6.07) is -0.0729. The van der Waals surface area contributed by atoms with Gasteiger partial charge in [0.05, 0.1) is 4.92 Å². The third kappa shape index (κ3) is 2.85. The fourth-order valence-electron chi connectivity index (χ4n) is 1.40. The number of nitrogens with zero attached hydrogens (tertiary/aromatic N) is 2. The second-order valence-electron chi connectivity index (χ2n) is 4.44. The van der Waals surface area contributed by atoms with E-state index in [4.69, 9.17) is 4.52 Å². The van der Waals surface area contributed by atoms with Gasteiger partial charge in [-0.1, -0.05) is 25.9 Å². The summed E-state index contributed by atoms with van der Waals surface area (Å²) in [6.07, 6.45) is 0.731. The first-order chi connectivity index (χ1) is 8.38. The number of nitro groups is 1. The first kappa shape index (κ1) is 14.1. The van der Waals surface area contributed by atoms with Gasteiger partial charge in [-0.15, -0.1) is 0 Å². The molecule has 7 heteroatoms. The van der Waals surface area contributed by atoms with E-state index in [1.165, 1.54) is 0 Å². The van der Waals surface area contributed by atoms with Crippen LogP contribution in [-0.4, -0.2) is 22.0 Å². The van der Waals surface area contributed by atoms with Crippen LogP contribution < -0.4 is 5.32 Å². The zero-order valence-corrected chi connectivity index (χ0v) is 10.9. The molecule has 1 unspecified atom stereocenters. The van der Waals surface area contributed by atoms with Gasteiger partial charge in [0.15, 0.2) is 0 Å². The van der Waals surface area contributed by atoms with Gasteiger partial charge in [-0.3, -0.25) is 14.9 Å². The average molecular weight is 255 g/mol. The molecule has 1 N–H and O–H groups in total. The van der Waals surface area contributed by atoms with Gasteiger partial charge in [0, 0.05) is 12.0 Å². The maximum Gasteiger partial charge on any atom is 0.344 e. The third-order valence-electron chi connectivity index (χ3n) is 2.60. The molecule has 100 valence electrons. The lowest BCUT2D eigenvalue weighted by atomic mass is 10.1. The number of hydrogen-bond donors (Lipinski definition) is 1. The average Bonchev–Trinajstić information content (AvgIpc) is 2.73. The van der Waals surface area contributed by atoms with Crippen molar-refractivity contribution in [3.05, 3.63) is 21.6 Å². The quantitative estimate of drug-likeness (QED) is 0.642. The van der Waals surface area contributed by atoms with E-state index in [2.05, 4.69) is 10.5 Å². The van der Waals surface area contributed by atoms with Crippen molar-refractivity contribution in [3.8, 4) is 0 Å². The summed E-state index contributed by atoms with van der Waals surface area (Å²) in [6.45, 7) is 7.20. The Balaban J connectivity index is 3.09. The zero-order chi connectivity index (χ0) is 13.9. The molecule has 0 aliphatic rings. The van der Waals surface area contributed by atoms with E-state index in [9.17, 15) is 14.9 Å². The lowest BCUT2D eigenvalue weighted by Gasteiger charge is -2.08. The standard InChI is InChI=1S/C11H17N3O4/c1-5-7(4)12-11(15)8-9(14(16)17)10(6(2)3)18-13-8/h6-7H,5H2,1-4H3,(H,12,15). The molecule has 18 heavy (non-hydrogen) atoms. The van der Waals surface area contributed by atoms with Crippen LogP contribution in [0, 0.1) is 10.1 Å². The highest BCUT2D eigenvalue weighted by molar-refractivity contribution is 5.96. The monoisotopic (exact) mass is 255 g/mol. The number of hydrogen-bond acceptors (Lipinski definition) is 5. The summed E-state index contributed by atoms with van der Waals surface area (Å²) in [5.41, 5.74) is -0.602. The first-order valence-electron chi connectivity index (χ1n) is 5.83. The molecule has 1 aromatic heterocycles. The molecule has 0 saturated heterocycles. The molecule has 0 saturated carbocycles. The topological polar surface area (TPSA) is 98.3 Å². The predicted molar refractivity (Wildman–Crippen MR) is 64.5 cm³/mol. The molecule has 1 amide bonds. The number of amides is 1. The van der Waals surface area contributed by atoms with Crippen LogP contribution >= 0.6 is 0 Å². The number of aromatic nitrogens is 1. The second-order valence-corrected chi connectivity index (χ2v) is 4.44. The minimum atomic E-state index is -0.628. The SMILES string of the molecule is CCC(C)NC(=O)c1noc(C(C)C)c1[N+](=O)[O-]. The molecule has 0 aliphatic carbocycles. The van der Waals surface area contributed by atoms with Gasteiger partial charge in [0.2, 0.25) is 11.5 Å². The maximum atomic E-state index is 11.8. The van der Waals surface area contributed by atoms with E-state index in [0.717, 1.165) is 6.42 Å². The van der Waals surface area contributed by atoms with Gasteiger partial charge in [-0.25, -0.2) is 0 Å². The van der Waals surface area contributed by atoms with E-state index >= 15 is 0 Å². The van der Waals surface area contributed by atoms with E-state index < -0.39 is 10.8 Å². The Bertz CT molecular complexity index is 453. The first-order valence-corrected chi connectivity index (χ1v) is 5.83. The van der Waals surface area contributed by atoms with E-state index in [-0.39, 0.29) is 29.1 Å². The normalized spacial score (nSPS) is 12.5. The molecule has 0 spiro atoms. The highest BCUT2D eigenvalue weighted by Gasteiger charge is 2.33. The Morgan fingerprint density at radius 2 is 2.11 bits per heavy atom. The van der Waals surface area contributed by atoms with E-state index in [1.807, 2.05) is 13.8 Å². The Morgan fingerprint density at radius 1 is 1.50 bits per heavy atom. The highest BCUT2D eigenvalue weighted by Crippen LogP contribution is 2.29. The summed E-state index contributed by atoms with van der Waals surface area (Å²) < 4.78 is 4.90. The van der Waals surface area contributed by atoms with Gasteiger partial charge in [0.25, 0.3) is 5.91 Å². The van der Waals surface area contributed by atoms with Gasteiger partial charge < -0.3 is 9.84 Å². The Hall–Kier alpha value is -1.92. The molecule has 1 atom stereocenters. The van der Waals surface area contributed by atoms with Crippen molar-refractivity contribution in [1.29, 1.82) is 0 Å². The molecule has 0 aromatic carbocycles. The number of carbonyl (C=O) groups is 1. The number of nitrogens with one attached hydrogen (secondary N) is 1. The largest absolute Gasteiger partial charge is 0.353 e. The van der Waals surface area contributed by atoms with Crippen molar-refractivity contribution in [1.82, 2.24) is 10.5 Å². The predicted octanol–water partition coefficient (Wildman–Crippen LogP) is 2.23. The maximum absolute atomic E-state index is 11.8. The fourth-order valence-corrected chi connectivity index (χ4v) is 1.40. The molecule has 0 fully saturated rings. The molecule has 1 heterocycles. The summed E-state index contributed by atoms with van der Waals surface area (Å²) in [5.74, 6) is -0.663. The van der Waals surface area contributed by atoms with Crippen LogP contribution in [0.2, 0.25) is 0 Å². The van der Waals surface area contributed by atoms with E-state index in [0.29, 0.717) is 0 Å². The lowest BCUT2D eigenvalue weighted by Crippen LogP contribution is -2.32. The van der Waals surface area contributed by atoms with Crippen molar-refractivity contribution in [3.63, 3.8) is 0 Å². The Labute approximate surface area is 105 Å². The van der Waals surface area contributed by atoms with Crippen LogP contribution in [0.4, 0.5) is 5.69 Å². The molecular formula is C11H17N3O4. The van der Waals surface area contributed by atoms with Crippen LogP contribution in [0.15, 0.2) is 4.52 Å². The second kappa shape index (κ2) is 5.61. The van der Waals surface area contributed by atoms with Gasteiger partial charge in [-0.05, 0) is 13.3 Å². The molecule has 0 bridgehead atoms. The van der Waals surface area contributed by atoms with Gasteiger partial charge in [-0.2, -0.15) is 0 Å². The number of carbonyl (C=O) groups excluding carboxylic acids is 1. The smallest absolute Gasteiger partial charge is 0.344 e. The van der Waals surface area contributed by atoms with Crippen LogP contribution in [0.5, 0.6) is 0 Å².